The standard InChI is InChI=1S/C19H18N2O4/c1-11(2)21-16-10-13(18(23)25-3)7-8-15(16)17(20-19(21)24)12-5-4-6-14(22)9-12/h4-11,22H,1-3H3. The van der Waals surface area contributed by atoms with E-state index in [1.807, 2.05) is 13.8 Å². The Kier molecular flexibility index (Phi) is 4.27. The van der Waals surface area contributed by atoms with Crippen LogP contribution in [0.1, 0.15) is 30.2 Å². The molecule has 128 valence electrons. The number of aromatic nitrogens is 2. The molecule has 1 aromatic heterocycles. The van der Waals surface area contributed by atoms with Crippen molar-refractivity contribution >= 4 is 16.9 Å². The van der Waals surface area contributed by atoms with Crippen molar-refractivity contribution in [1.82, 2.24) is 9.55 Å². The van der Waals surface area contributed by atoms with E-state index in [1.165, 1.54) is 11.7 Å². The maximum absolute atomic E-state index is 12.6. The van der Waals surface area contributed by atoms with Crippen LogP contribution in [0.4, 0.5) is 0 Å². The predicted octanol–water partition coefficient (Wildman–Crippen LogP) is 3.14. The molecule has 0 atom stereocenters. The first kappa shape index (κ1) is 16.7. The molecule has 1 N–H and O–H groups in total. The van der Waals surface area contributed by atoms with Crippen LogP contribution in [0.25, 0.3) is 22.2 Å². The molecule has 1 heterocycles. The molecule has 0 amide bonds. The third-order valence-corrected chi connectivity index (χ3v) is 3.98. The highest BCUT2D eigenvalue weighted by atomic mass is 16.5. The van der Waals surface area contributed by atoms with Gasteiger partial charge in [-0.15, -0.1) is 0 Å². The quantitative estimate of drug-likeness (QED) is 0.742. The highest BCUT2D eigenvalue weighted by Crippen LogP contribution is 2.29. The number of nitrogens with zero attached hydrogens (tertiary/aromatic N) is 2. The largest absolute Gasteiger partial charge is 0.508 e. The lowest BCUT2D eigenvalue weighted by Gasteiger charge is -2.16. The molecular formula is C19H18N2O4. The Hall–Kier alpha value is -3.15. The van der Waals surface area contributed by atoms with Crippen LogP contribution in [0, 0.1) is 0 Å². The van der Waals surface area contributed by atoms with Crippen molar-refractivity contribution in [1.29, 1.82) is 0 Å². The van der Waals surface area contributed by atoms with Crippen LogP contribution in [0.5, 0.6) is 5.75 Å². The number of carbonyl (C=O) groups excluding carboxylic acids is 1. The number of methoxy groups -OCH3 is 1. The molecule has 0 saturated carbocycles. The van der Waals surface area contributed by atoms with Crippen LogP contribution >= 0.6 is 0 Å². The minimum Gasteiger partial charge on any atom is -0.508 e. The van der Waals surface area contributed by atoms with Gasteiger partial charge < -0.3 is 9.84 Å². The van der Waals surface area contributed by atoms with E-state index in [9.17, 15) is 14.7 Å². The zero-order valence-corrected chi connectivity index (χ0v) is 14.2. The molecule has 0 aliphatic carbocycles. The summed E-state index contributed by atoms with van der Waals surface area (Å²) < 4.78 is 6.31. The monoisotopic (exact) mass is 338 g/mol. The van der Waals surface area contributed by atoms with Crippen molar-refractivity contribution < 1.29 is 14.6 Å². The van der Waals surface area contributed by atoms with Gasteiger partial charge in [0.25, 0.3) is 0 Å². The van der Waals surface area contributed by atoms with E-state index in [-0.39, 0.29) is 11.8 Å². The van der Waals surface area contributed by atoms with Gasteiger partial charge in [-0.25, -0.2) is 9.59 Å². The summed E-state index contributed by atoms with van der Waals surface area (Å²) in [5.41, 5.74) is 1.63. The Balaban J connectivity index is 2.39. The molecule has 25 heavy (non-hydrogen) atoms. The average molecular weight is 338 g/mol. The molecule has 6 nitrogen and oxygen atoms in total. The third kappa shape index (κ3) is 2.98. The molecule has 6 heteroatoms. The van der Waals surface area contributed by atoms with Gasteiger partial charge in [-0.2, -0.15) is 4.98 Å². The number of carbonyl (C=O) groups is 1. The average Bonchev–Trinajstić information content (AvgIpc) is 2.59. The summed E-state index contributed by atoms with van der Waals surface area (Å²) in [7, 11) is 1.31. The van der Waals surface area contributed by atoms with Crippen LogP contribution in [-0.4, -0.2) is 27.7 Å². The van der Waals surface area contributed by atoms with Gasteiger partial charge in [-0.3, -0.25) is 4.57 Å². The lowest BCUT2D eigenvalue weighted by molar-refractivity contribution is 0.0601. The Morgan fingerprint density at radius 2 is 1.96 bits per heavy atom. The molecule has 0 radical (unpaired) electrons. The Labute approximate surface area is 144 Å². The van der Waals surface area contributed by atoms with Gasteiger partial charge in [-0.05, 0) is 44.2 Å². The summed E-state index contributed by atoms with van der Waals surface area (Å²) in [5.74, 6) is -0.382. The number of rotatable bonds is 3. The zero-order chi connectivity index (χ0) is 18.1. The zero-order valence-electron chi connectivity index (χ0n) is 14.2. The number of ether oxygens (including phenoxy) is 1. The first-order valence-electron chi connectivity index (χ1n) is 7.86. The first-order valence-corrected chi connectivity index (χ1v) is 7.86. The molecule has 3 rings (SSSR count). The fraction of sp³-hybridized carbons (Fsp3) is 0.211. The molecule has 0 aliphatic rings. The first-order chi connectivity index (χ1) is 11.9. The maximum Gasteiger partial charge on any atom is 0.348 e. The molecule has 0 unspecified atom stereocenters. The van der Waals surface area contributed by atoms with Crippen molar-refractivity contribution in [3.05, 3.63) is 58.5 Å². The maximum atomic E-state index is 12.6. The lowest BCUT2D eigenvalue weighted by atomic mass is 10.0. The Bertz CT molecular complexity index is 1020. The molecule has 0 bridgehead atoms. The molecule has 2 aromatic carbocycles. The van der Waals surface area contributed by atoms with Gasteiger partial charge in [0.1, 0.15) is 5.75 Å². The number of fused-ring (bicyclic) bond motifs is 1. The van der Waals surface area contributed by atoms with Crippen LogP contribution in [0.2, 0.25) is 0 Å². The van der Waals surface area contributed by atoms with Crippen molar-refractivity contribution in [2.75, 3.05) is 7.11 Å². The van der Waals surface area contributed by atoms with Crippen molar-refractivity contribution in [3.63, 3.8) is 0 Å². The Morgan fingerprint density at radius 1 is 1.20 bits per heavy atom. The second-order valence-electron chi connectivity index (χ2n) is 5.98. The number of phenols is 1. The van der Waals surface area contributed by atoms with Gasteiger partial charge >= 0.3 is 11.7 Å². The summed E-state index contributed by atoms with van der Waals surface area (Å²) in [5, 5.41) is 10.4. The summed E-state index contributed by atoms with van der Waals surface area (Å²) in [6.07, 6.45) is 0. The summed E-state index contributed by atoms with van der Waals surface area (Å²) in [6.45, 7) is 3.75. The van der Waals surface area contributed by atoms with Gasteiger partial charge in [0.2, 0.25) is 0 Å². The van der Waals surface area contributed by atoms with Gasteiger partial charge in [0.05, 0.1) is 23.9 Å². The SMILES string of the molecule is COC(=O)c1ccc2c(-c3cccc(O)c3)nc(=O)n(C(C)C)c2c1. The highest BCUT2D eigenvalue weighted by Gasteiger charge is 2.16. The normalized spacial score (nSPS) is 11.0. The number of benzene rings is 2. The van der Waals surface area contributed by atoms with Crippen LogP contribution in [-0.2, 0) is 4.74 Å². The molecule has 0 saturated heterocycles. The smallest absolute Gasteiger partial charge is 0.348 e. The van der Waals surface area contributed by atoms with Gasteiger partial charge in [0.15, 0.2) is 0 Å². The van der Waals surface area contributed by atoms with Crippen LogP contribution < -0.4 is 5.69 Å². The van der Waals surface area contributed by atoms with Crippen LogP contribution in [0.15, 0.2) is 47.3 Å². The van der Waals surface area contributed by atoms with Crippen molar-refractivity contribution in [2.24, 2.45) is 0 Å². The van der Waals surface area contributed by atoms with Gasteiger partial charge in [0, 0.05) is 17.0 Å². The minimum absolute atomic E-state index is 0.0895. The van der Waals surface area contributed by atoms with E-state index in [0.29, 0.717) is 27.7 Å². The molecule has 0 aliphatic heterocycles. The fourth-order valence-corrected chi connectivity index (χ4v) is 2.86. The van der Waals surface area contributed by atoms with E-state index >= 15 is 0 Å². The Morgan fingerprint density at radius 3 is 2.60 bits per heavy atom. The van der Waals surface area contributed by atoms with E-state index in [2.05, 4.69) is 4.98 Å². The molecular weight excluding hydrogens is 320 g/mol. The van der Waals surface area contributed by atoms with E-state index in [1.54, 1.807) is 42.5 Å². The topological polar surface area (TPSA) is 81.4 Å². The molecule has 0 fully saturated rings. The summed E-state index contributed by atoms with van der Waals surface area (Å²) >= 11 is 0. The van der Waals surface area contributed by atoms with E-state index in [4.69, 9.17) is 4.74 Å². The fourth-order valence-electron chi connectivity index (χ4n) is 2.86. The number of aromatic hydroxyl groups is 1. The second-order valence-corrected chi connectivity index (χ2v) is 5.98. The third-order valence-electron chi connectivity index (χ3n) is 3.98. The molecule has 0 spiro atoms. The number of esters is 1. The van der Waals surface area contributed by atoms with Crippen molar-refractivity contribution in [2.45, 2.75) is 19.9 Å². The summed E-state index contributed by atoms with van der Waals surface area (Å²) in [6, 6.07) is 11.4. The molecule has 3 aromatic rings. The summed E-state index contributed by atoms with van der Waals surface area (Å²) in [4.78, 5) is 28.7. The van der Waals surface area contributed by atoms with Gasteiger partial charge in [-0.1, -0.05) is 12.1 Å². The highest BCUT2D eigenvalue weighted by molar-refractivity contribution is 5.98. The number of hydrogen-bond acceptors (Lipinski definition) is 5. The second kappa shape index (κ2) is 6.39. The minimum atomic E-state index is -0.472. The van der Waals surface area contributed by atoms with E-state index < -0.39 is 11.7 Å². The predicted molar refractivity (Wildman–Crippen MR) is 94.8 cm³/mol. The number of hydrogen-bond donors (Lipinski definition) is 1. The van der Waals surface area contributed by atoms with Crippen LogP contribution in [0.3, 0.4) is 0 Å². The lowest BCUT2D eigenvalue weighted by Crippen LogP contribution is -2.25. The number of phenolic OH excluding ortho intramolecular Hbond substituents is 1. The van der Waals surface area contributed by atoms with Crippen molar-refractivity contribution in [3.8, 4) is 17.0 Å². The van der Waals surface area contributed by atoms with E-state index in [0.717, 1.165) is 0 Å².